The average Bonchev–Trinajstić information content (AvgIpc) is 1.36. The molecule has 0 aliphatic carbocycles. The van der Waals surface area contributed by atoms with Crippen LogP contribution in [0.4, 0.5) is 0 Å². The second-order valence-corrected chi connectivity index (χ2v) is 2.86. The molecule has 0 saturated heterocycles. The van der Waals surface area contributed by atoms with Crippen LogP contribution in [-0.4, -0.2) is 55.3 Å². The summed E-state index contributed by atoms with van der Waals surface area (Å²) in [6.07, 6.45) is 0. The van der Waals surface area contributed by atoms with Crippen molar-refractivity contribution in [1.82, 2.24) is 0 Å². The molecule has 0 spiro atoms. The third-order valence-electron chi connectivity index (χ3n) is 0.111. The Labute approximate surface area is 103 Å². The van der Waals surface area contributed by atoms with E-state index in [0.29, 0.717) is 0 Å². The maximum atomic E-state index is 9.09. The minimum absolute atomic E-state index is 0. The Hall–Kier alpha value is 2.48. The molecular formula is CaNaO4S2+. The Morgan fingerprint density at radius 1 is 1.00 bits per heavy atom. The van der Waals surface area contributed by atoms with Crippen molar-refractivity contribution in [2.45, 2.75) is 0 Å². The number of hydrogen-bond acceptors (Lipinski definition) is 4. The van der Waals surface area contributed by atoms with Gasteiger partial charge in [0.2, 0.25) is 0 Å². The molecule has 0 aromatic rings. The summed E-state index contributed by atoms with van der Waals surface area (Å²) in [4.78, 5) is 0. The van der Waals surface area contributed by atoms with Gasteiger partial charge in [-0.15, -0.1) is 0 Å². The monoisotopic (exact) mass is 191 g/mol. The minimum atomic E-state index is -2.95. The van der Waals surface area contributed by atoms with Crippen LogP contribution in [-0.2, 0) is 20.2 Å². The molecule has 8 heteroatoms. The van der Waals surface area contributed by atoms with E-state index in [4.69, 9.17) is 17.5 Å². The predicted octanol–water partition coefficient (Wildman–Crippen LogP) is -4.72. The number of hydrogen-bond donors (Lipinski definition) is 0. The minimum Gasteiger partial charge on any atom is -0.763 e. The predicted molar refractivity (Wildman–Crippen MR) is 23.6 cm³/mol. The molecule has 38 valence electrons. The van der Waals surface area contributed by atoms with Crippen molar-refractivity contribution in [2.75, 3.05) is 0 Å². The molecule has 0 heterocycles. The quantitative estimate of drug-likeness (QED) is 0.237. The van der Waals surface area contributed by atoms with E-state index in [0.717, 1.165) is 0 Å². The SMILES string of the molecule is O=S([O-])S(=O)[O-].[Ca+2].[Na+]. The maximum absolute atomic E-state index is 9.09. The van der Waals surface area contributed by atoms with Crippen molar-refractivity contribution in [3.8, 4) is 0 Å². The molecule has 2 unspecified atom stereocenters. The molecule has 0 rings (SSSR count). The van der Waals surface area contributed by atoms with Crippen LogP contribution in [0.15, 0.2) is 0 Å². The first-order valence-corrected chi connectivity index (χ1v) is 3.50. The van der Waals surface area contributed by atoms with E-state index < -0.39 is 20.2 Å². The fourth-order valence-corrected chi connectivity index (χ4v) is 0. The van der Waals surface area contributed by atoms with Crippen molar-refractivity contribution in [3.63, 3.8) is 0 Å². The Balaban J connectivity index is -0.000000125. The van der Waals surface area contributed by atoms with E-state index in [-0.39, 0.29) is 67.3 Å². The average molecular weight is 191 g/mol. The molecular weight excluding hydrogens is 191 g/mol. The summed E-state index contributed by atoms with van der Waals surface area (Å²) in [5.41, 5.74) is 0. The summed E-state index contributed by atoms with van der Waals surface area (Å²) >= 11 is 0. The summed E-state index contributed by atoms with van der Waals surface area (Å²) in [5, 5.41) is 0. The van der Waals surface area contributed by atoms with Crippen molar-refractivity contribution < 1.29 is 47.1 Å². The standard InChI is InChI=1S/Ca.Na.H2O4S2/c;;1-5(2)6(3)4/h;;(H,1,2)(H,3,4)/q+2;+1;/p-2. The molecule has 0 radical (unpaired) electrons. The Morgan fingerprint density at radius 3 is 1.12 bits per heavy atom. The second kappa shape index (κ2) is 9.48. The molecule has 0 aliphatic rings. The fourth-order valence-electron chi connectivity index (χ4n) is 0. The van der Waals surface area contributed by atoms with Crippen LogP contribution in [0, 0.1) is 0 Å². The normalized spacial score (nSPS) is 14.8. The molecule has 2 atom stereocenters. The van der Waals surface area contributed by atoms with E-state index in [2.05, 4.69) is 0 Å². The first kappa shape index (κ1) is 16.8. The molecule has 0 N–H and O–H groups in total. The van der Waals surface area contributed by atoms with Crippen molar-refractivity contribution in [2.24, 2.45) is 0 Å². The Morgan fingerprint density at radius 2 is 1.12 bits per heavy atom. The summed E-state index contributed by atoms with van der Waals surface area (Å²) in [5.74, 6) is 0. The summed E-state index contributed by atoms with van der Waals surface area (Å²) in [6.45, 7) is 0. The van der Waals surface area contributed by atoms with Crippen molar-refractivity contribution in [3.05, 3.63) is 0 Å². The van der Waals surface area contributed by atoms with Gasteiger partial charge in [0.1, 0.15) is 0 Å². The number of rotatable bonds is 1. The second-order valence-electron chi connectivity index (χ2n) is 0.408. The summed E-state index contributed by atoms with van der Waals surface area (Å²) in [7, 11) is -5.90. The molecule has 0 aromatic heterocycles. The van der Waals surface area contributed by atoms with Crippen molar-refractivity contribution in [1.29, 1.82) is 0 Å². The third-order valence-corrected chi connectivity index (χ3v) is 1.00. The zero-order chi connectivity index (χ0) is 5.15. The van der Waals surface area contributed by atoms with Gasteiger partial charge in [-0.1, -0.05) is 0 Å². The molecule has 0 saturated carbocycles. The van der Waals surface area contributed by atoms with Gasteiger partial charge < -0.3 is 9.11 Å². The summed E-state index contributed by atoms with van der Waals surface area (Å²) in [6, 6.07) is 0. The van der Waals surface area contributed by atoms with Gasteiger partial charge >= 0.3 is 67.3 Å². The van der Waals surface area contributed by atoms with Crippen LogP contribution in [0.1, 0.15) is 0 Å². The van der Waals surface area contributed by atoms with Crippen LogP contribution in [0.3, 0.4) is 0 Å². The molecule has 0 amide bonds. The molecule has 0 bridgehead atoms. The molecule has 8 heavy (non-hydrogen) atoms. The van der Waals surface area contributed by atoms with Crippen LogP contribution in [0.5, 0.6) is 0 Å². The van der Waals surface area contributed by atoms with Gasteiger partial charge in [-0.25, -0.2) is 0 Å². The topological polar surface area (TPSA) is 80.3 Å². The first-order chi connectivity index (χ1) is 2.64. The summed E-state index contributed by atoms with van der Waals surface area (Å²) < 4.78 is 36.3. The van der Waals surface area contributed by atoms with E-state index in [1.54, 1.807) is 0 Å². The van der Waals surface area contributed by atoms with Crippen molar-refractivity contribution >= 4 is 58.0 Å². The van der Waals surface area contributed by atoms with Gasteiger partial charge in [0.05, 0.1) is 0 Å². The van der Waals surface area contributed by atoms with Crippen LogP contribution < -0.4 is 29.6 Å². The maximum Gasteiger partial charge on any atom is 2.00 e. The van der Waals surface area contributed by atoms with Gasteiger partial charge in [-0.3, -0.25) is 8.42 Å². The van der Waals surface area contributed by atoms with E-state index >= 15 is 0 Å². The van der Waals surface area contributed by atoms with Gasteiger partial charge in [0.25, 0.3) is 0 Å². The molecule has 4 nitrogen and oxygen atoms in total. The van der Waals surface area contributed by atoms with Gasteiger partial charge in [0, 0.05) is 20.2 Å². The smallest absolute Gasteiger partial charge is 0.763 e. The van der Waals surface area contributed by atoms with Crippen LogP contribution in [0.2, 0.25) is 0 Å². The largest absolute Gasteiger partial charge is 2.00 e. The van der Waals surface area contributed by atoms with E-state index in [1.807, 2.05) is 0 Å². The Kier molecular flexibility index (Phi) is 19.9. The molecule has 0 aliphatic heterocycles. The fraction of sp³-hybridized carbons (Fsp3) is 0. The van der Waals surface area contributed by atoms with E-state index in [1.165, 1.54) is 0 Å². The zero-order valence-corrected chi connectivity index (χ0v) is 10.00. The molecule has 0 fully saturated rings. The van der Waals surface area contributed by atoms with E-state index in [9.17, 15) is 0 Å². The molecule has 0 aromatic carbocycles. The van der Waals surface area contributed by atoms with Crippen LogP contribution in [0.25, 0.3) is 0 Å². The van der Waals surface area contributed by atoms with Crippen LogP contribution >= 0.6 is 0 Å². The van der Waals surface area contributed by atoms with Gasteiger partial charge in [-0.2, -0.15) is 0 Å². The Bertz CT molecular complexity index is 80.0. The zero-order valence-electron chi connectivity index (χ0n) is 4.16. The first-order valence-electron chi connectivity index (χ1n) is 0.833. The van der Waals surface area contributed by atoms with Gasteiger partial charge in [-0.05, 0) is 0 Å². The van der Waals surface area contributed by atoms with Gasteiger partial charge in [0.15, 0.2) is 0 Å². The third kappa shape index (κ3) is 11.3.